The molecule has 1 aliphatic carbocycles. The fourth-order valence-corrected chi connectivity index (χ4v) is 2.69. The predicted octanol–water partition coefficient (Wildman–Crippen LogP) is 2.47. The van der Waals surface area contributed by atoms with Gasteiger partial charge in [0.2, 0.25) is 0 Å². The quantitative estimate of drug-likeness (QED) is 0.739. The van der Waals surface area contributed by atoms with E-state index in [0.717, 1.165) is 29.7 Å². The third-order valence-corrected chi connectivity index (χ3v) is 3.75. The molecule has 2 heterocycles. The molecule has 0 unspecified atom stereocenters. The number of hydrogen-bond donors (Lipinski definition) is 2. The van der Waals surface area contributed by atoms with E-state index in [1.807, 2.05) is 12.3 Å². The molecule has 0 saturated heterocycles. The Bertz CT molecular complexity index is 476. The lowest BCUT2D eigenvalue weighted by atomic mass is 9.91. The number of rotatable bonds is 1. The van der Waals surface area contributed by atoms with Gasteiger partial charge < -0.3 is 10.7 Å². The summed E-state index contributed by atoms with van der Waals surface area (Å²) in [7, 11) is 0. The maximum absolute atomic E-state index is 6.53. The number of nitrogens with one attached hydrogen (secondary N) is 1. The van der Waals surface area contributed by atoms with E-state index in [0.29, 0.717) is 0 Å². The van der Waals surface area contributed by atoms with E-state index in [9.17, 15) is 0 Å². The van der Waals surface area contributed by atoms with Gasteiger partial charge in [-0.1, -0.05) is 25.7 Å². The van der Waals surface area contributed by atoms with E-state index >= 15 is 0 Å². The number of nitrogens with two attached hydrogens (primary N) is 1. The van der Waals surface area contributed by atoms with Gasteiger partial charge in [0, 0.05) is 6.20 Å². The van der Waals surface area contributed by atoms with E-state index in [1.165, 1.54) is 25.7 Å². The summed E-state index contributed by atoms with van der Waals surface area (Å²) in [5, 5.41) is 0. The summed E-state index contributed by atoms with van der Waals surface area (Å²) in [6.45, 7) is 0. The summed E-state index contributed by atoms with van der Waals surface area (Å²) in [5.74, 6) is 0.933. The smallest absolute Gasteiger partial charge is 0.127 e. The van der Waals surface area contributed by atoms with Crippen molar-refractivity contribution in [1.29, 1.82) is 0 Å². The number of fused-ring (bicyclic) bond motifs is 1. The molecule has 4 nitrogen and oxygen atoms in total. The molecule has 17 heavy (non-hydrogen) atoms. The van der Waals surface area contributed by atoms with Gasteiger partial charge in [-0.2, -0.15) is 0 Å². The van der Waals surface area contributed by atoms with E-state index in [4.69, 9.17) is 5.73 Å². The lowest BCUT2D eigenvalue weighted by molar-refractivity contribution is 0.366. The van der Waals surface area contributed by atoms with Gasteiger partial charge in [-0.25, -0.2) is 4.98 Å². The fraction of sp³-hybridized carbons (Fsp3) is 0.538. The molecule has 3 N–H and O–H groups in total. The minimum absolute atomic E-state index is 0.268. The van der Waals surface area contributed by atoms with Crippen molar-refractivity contribution in [1.82, 2.24) is 15.0 Å². The summed E-state index contributed by atoms with van der Waals surface area (Å²) in [4.78, 5) is 12.1. The van der Waals surface area contributed by atoms with Gasteiger partial charge in [0.15, 0.2) is 0 Å². The van der Waals surface area contributed by atoms with Crippen molar-refractivity contribution in [3.8, 4) is 0 Å². The number of H-pyrrole nitrogens is 1. The molecule has 4 heteroatoms. The van der Waals surface area contributed by atoms with Gasteiger partial charge in [0.25, 0.3) is 0 Å². The van der Waals surface area contributed by atoms with Gasteiger partial charge >= 0.3 is 0 Å². The van der Waals surface area contributed by atoms with Gasteiger partial charge in [-0.05, 0) is 18.9 Å². The highest BCUT2D eigenvalue weighted by molar-refractivity contribution is 5.73. The normalized spacial score (nSPS) is 20.3. The molecule has 0 aliphatic heterocycles. The second-order valence-corrected chi connectivity index (χ2v) is 5.05. The number of aromatic nitrogens is 3. The molecule has 0 atom stereocenters. The first-order valence-electron chi connectivity index (χ1n) is 6.37. The lowest BCUT2D eigenvalue weighted by Gasteiger charge is -2.25. The number of aromatic amines is 1. The van der Waals surface area contributed by atoms with Crippen LogP contribution in [0.5, 0.6) is 0 Å². The van der Waals surface area contributed by atoms with Gasteiger partial charge in [-0.3, -0.25) is 4.98 Å². The minimum atomic E-state index is -0.268. The second-order valence-electron chi connectivity index (χ2n) is 5.05. The third-order valence-electron chi connectivity index (χ3n) is 3.75. The SMILES string of the molecule is NC1(c2nc3ccncc3[nH]2)CCCCCC1. The van der Waals surface area contributed by atoms with E-state index < -0.39 is 0 Å². The molecule has 1 aliphatic rings. The van der Waals surface area contributed by atoms with Gasteiger partial charge in [0.05, 0.1) is 22.8 Å². The van der Waals surface area contributed by atoms with Crippen LogP contribution in [0, 0.1) is 0 Å². The summed E-state index contributed by atoms with van der Waals surface area (Å²) in [5.41, 5.74) is 8.21. The fourth-order valence-electron chi connectivity index (χ4n) is 2.69. The Morgan fingerprint density at radius 2 is 1.94 bits per heavy atom. The zero-order chi connectivity index (χ0) is 11.7. The van der Waals surface area contributed by atoms with Crippen LogP contribution in [0.1, 0.15) is 44.3 Å². The Kier molecular flexibility index (Phi) is 2.59. The monoisotopic (exact) mass is 230 g/mol. The average Bonchev–Trinajstić information content (AvgIpc) is 2.66. The highest BCUT2D eigenvalue weighted by Crippen LogP contribution is 2.32. The molecular formula is C13H18N4. The van der Waals surface area contributed by atoms with E-state index in [2.05, 4.69) is 15.0 Å². The second kappa shape index (κ2) is 4.11. The third kappa shape index (κ3) is 1.93. The molecule has 2 aromatic heterocycles. The Morgan fingerprint density at radius 3 is 2.65 bits per heavy atom. The number of imidazole rings is 1. The van der Waals surface area contributed by atoms with Crippen molar-refractivity contribution in [3.05, 3.63) is 24.3 Å². The zero-order valence-corrected chi connectivity index (χ0v) is 9.95. The molecule has 0 aromatic carbocycles. The number of nitrogens with zero attached hydrogens (tertiary/aromatic N) is 2. The molecule has 90 valence electrons. The topological polar surface area (TPSA) is 67.6 Å². The maximum Gasteiger partial charge on any atom is 0.127 e. The lowest BCUT2D eigenvalue weighted by Crippen LogP contribution is -2.37. The first-order chi connectivity index (χ1) is 8.28. The Hall–Kier alpha value is -1.42. The van der Waals surface area contributed by atoms with Crippen LogP contribution in [-0.4, -0.2) is 15.0 Å². The summed E-state index contributed by atoms with van der Waals surface area (Å²) in [6.07, 6.45) is 10.6. The molecule has 1 saturated carbocycles. The van der Waals surface area contributed by atoms with Crippen LogP contribution in [-0.2, 0) is 5.54 Å². The Balaban J connectivity index is 2.01. The van der Waals surface area contributed by atoms with Crippen molar-refractivity contribution in [2.75, 3.05) is 0 Å². The predicted molar refractivity (Wildman–Crippen MR) is 67.5 cm³/mol. The molecule has 1 fully saturated rings. The average molecular weight is 230 g/mol. The van der Waals surface area contributed by atoms with Crippen molar-refractivity contribution < 1.29 is 0 Å². The van der Waals surface area contributed by atoms with E-state index in [-0.39, 0.29) is 5.54 Å². The van der Waals surface area contributed by atoms with Crippen molar-refractivity contribution in [2.24, 2.45) is 5.73 Å². The van der Waals surface area contributed by atoms with Crippen molar-refractivity contribution in [2.45, 2.75) is 44.1 Å². The minimum Gasteiger partial charge on any atom is -0.339 e. The van der Waals surface area contributed by atoms with Crippen LogP contribution < -0.4 is 5.73 Å². The Morgan fingerprint density at radius 1 is 1.18 bits per heavy atom. The molecule has 0 bridgehead atoms. The van der Waals surface area contributed by atoms with Crippen molar-refractivity contribution >= 4 is 11.0 Å². The largest absolute Gasteiger partial charge is 0.339 e. The molecule has 2 aromatic rings. The maximum atomic E-state index is 6.53. The van der Waals surface area contributed by atoms with Crippen LogP contribution in [0.2, 0.25) is 0 Å². The van der Waals surface area contributed by atoms with Gasteiger partial charge in [0.1, 0.15) is 5.82 Å². The van der Waals surface area contributed by atoms with Crippen molar-refractivity contribution in [3.63, 3.8) is 0 Å². The summed E-state index contributed by atoms with van der Waals surface area (Å²) < 4.78 is 0. The molecule has 0 spiro atoms. The molecule has 3 rings (SSSR count). The van der Waals surface area contributed by atoms with Crippen LogP contribution in [0.4, 0.5) is 0 Å². The first kappa shape index (κ1) is 10.7. The zero-order valence-electron chi connectivity index (χ0n) is 9.95. The molecule has 0 radical (unpaired) electrons. The number of pyridine rings is 1. The molecule has 0 amide bonds. The molecular weight excluding hydrogens is 212 g/mol. The highest BCUT2D eigenvalue weighted by atomic mass is 15.0. The van der Waals surface area contributed by atoms with Crippen LogP contribution in [0.15, 0.2) is 18.5 Å². The van der Waals surface area contributed by atoms with Gasteiger partial charge in [-0.15, -0.1) is 0 Å². The number of hydrogen-bond acceptors (Lipinski definition) is 3. The van der Waals surface area contributed by atoms with E-state index in [1.54, 1.807) is 6.20 Å². The van der Waals surface area contributed by atoms with Crippen LogP contribution in [0.25, 0.3) is 11.0 Å². The summed E-state index contributed by atoms with van der Waals surface area (Å²) in [6, 6.07) is 1.93. The standard InChI is InChI=1S/C13H18N4/c14-13(6-3-1-2-4-7-13)12-16-10-5-8-15-9-11(10)17-12/h5,8-9H,1-4,6-7,14H2,(H,16,17). The first-order valence-corrected chi connectivity index (χ1v) is 6.37. The highest BCUT2D eigenvalue weighted by Gasteiger charge is 2.31. The summed E-state index contributed by atoms with van der Waals surface area (Å²) >= 11 is 0. The van der Waals surface area contributed by atoms with Crippen LogP contribution >= 0.6 is 0 Å². The Labute approximate surface area is 101 Å². The van der Waals surface area contributed by atoms with Crippen LogP contribution in [0.3, 0.4) is 0 Å².